The number of hydrogen-bond donors (Lipinski definition) is 0. The largest absolute Gasteiger partial charge is 0.299 e. The Bertz CT molecular complexity index is 346. The minimum absolute atomic E-state index is 0.287. The summed E-state index contributed by atoms with van der Waals surface area (Å²) in [5.74, 6) is 0.287. The van der Waals surface area contributed by atoms with Crippen LogP contribution in [0.1, 0.15) is 46.5 Å². The quantitative estimate of drug-likeness (QED) is 0.722. The lowest BCUT2D eigenvalue weighted by molar-refractivity contribution is 0.154. The monoisotopic (exact) mass is 339 g/mol. The van der Waals surface area contributed by atoms with Crippen molar-refractivity contribution >= 4 is 25.8 Å². The zero-order valence-electron chi connectivity index (χ0n) is 11.8. The van der Waals surface area contributed by atoms with Gasteiger partial charge in [-0.05, 0) is 46.6 Å². The van der Waals surface area contributed by atoms with Crippen LogP contribution in [-0.2, 0) is 9.84 Å². The maximum absolute atomic E-state index is 12.1. The van der Waals surface area contributed by atoms with E-state index >= 15 is 0 Å². The summed E-state index contributed by atoms with van der Waals surface area (Å²) in [6.45, 7) is 7.10. The number of alkyl halides is 1. The fourth-order valence-corrected chi connectivity index (χ4v) is 3.97. The van der Waals surface area contributed by atoms with Crippen molar-refractivity contribution in [1.82, 2.24) is 4.90 Å². The molecule has 18 heavy (non-hydrogen) atoms. The molecule has 0 aromatic heterocycles. The third-order valence-corrected chi connectivity index (χ3v) is 6.82. The molecule has 1 atom stereocenters. The Morgan fingerprint density at radius 1 is 1.28 bits per heavy atom. The van der Waals surface area contributed by atoms with Gasteiger partial charge < -0.3 is 0 Å². The lowest BCUT2D eigenvalue weighted by Gasteiger charge is -2.36. The van der Waals surface area contributed by atoms with Crippen LogP contribution in [0.4, 0.5) is 0 Å². The average Bonchev–Trinajstić information content (AvgIpc) is 2.27. The standard InChI is InChI=1S/C13H26BrNO2S/c1-13(2,3)18(16,17)11-10-15-9-5-4-6-12(15)7-8-14/h12H,4-11H2,1-3H3. The van der Waals surface area contributed by atoms with Crippen molar-refractivity contribution in [3.05, 3.63) is 0 Å². The molecule has 0 aromatic carbocycles. The molecule has 1 heterocycles. The molecule has 0 bridgehead atoms. The second-order valence-corrected chi connectivity index (χ2v) is 9.75. The number of piperidine rings is 1. The maximum Gasteiger partial charge on any atom is 0.156 e. The van der Waals surface area contributed by atoms with Crippen molar-refractivity contribution in [2.45, 2.75) is 57.2 Å². The molecule has 0 amide bonds. The van der Waals surface area contributed by atoms with Gasteiger partial charge in [0.15, 0.2) is 9.84 Å². The van der Waals surface area contributed by atoms with Gasteiger partial charge in [-0.2, -0.15) is 0 Å². The molecule has 1 unspecified atom stereocenters. The average molecular weight is 340 g/mol. The molecule has 1 fully saturated rings. The van der Waals surface area contributed by atoms with Crippen molar-refractivity contribution in [2.75, 3.05) is 24.2 Å². The molecule has 108 valence electrons. The van der Waals surface area contributed by atoms with Crippen molar-refractivity contribution in [2.24, 2.45) is 0 Å². The molecule has 3 nitrogen and oxygen atoms in total. The number of sulfone groups is 1. The topological polar surface area (TPSA) is 37.4 Å². The van der Waals surface area contributed by atoms with E-state index in [1.165, 1.54) is 19.3 Å². The van der Waals surface area contributed by atoms with E-state index in [2.05, 4.69) is 20.8 Å². The summed E-state index contributed by atoms with van der Waals surface area (Å²) >= 11 is 3.49. The molecule has 0 N–H and O–H groups in total. The Balaban J connectivity index is 2.56. The summed E-state index contributed by atoms with van der Waals surface area (Å²) in [5, 5.41) is 1.00. The van der Waals surface area contributed by atoms with Gasteiger partial charge in [0, 0.05) is 17.9 Å². The van der Waals surface area contributed by atoms with Gasteiger partial charge in [0.2, 0.25) is 0 Å². The zero-order chi connectivity index (χ0) is 13.8. The highest BCUT2D eigenvalue weighted by Crippen LogP contribution is 2.22. The van der Waals surface area contributed by atoms with Crippen LogP contribution >= 0.6 is 15.9 Å². The molecule has 1 saturated heterocycles. The number of rotatable bonds is 5. The van der Waals surface area contributed by atoms with Crippen molar-refractivity contribution in [3.8, 4) is 0 Å². The second-order valence-electron chi connectivity index (χ2n) is 6.09. The highest BCUT2D eigenvalue weighted by Gasteiger charge is 2.30. The Morgan fingerprint density at radius 3 is 2.50 bits per heavy atom. The predicted molar refractivity (Wildman–Crippen MR) is 81.2 cm³/mol. The Morgan fingerprint density at radius 2 is 1.94 bits per heavy atom. The van der Waals surface area contributed by atoms with Gasteiger partial charge in [-0.1, -0.05) is 22.4 Å². The molecule has 1 rings (SSSR count). The highest BCUT2D eigenvalue weighted by atomic mass is 79.9. The molecule has 1 aliphatic heterocycles. The van der Waals surface area contributed by atoms with E-state index in [0.717, 1.165) is 18.3 Å². The highest BCUT2D eigenvalue weighted by molar-refractivity contribution is 9.09. The summed E-state index contributed by atoms with van der Waals surface area (Å²) in [4.78, 5) is 2.37. The SMILES string of the molecule is CC(C)(C)S(=O)(=O)CCN1CCCCC1CCBr. The van der Waals surface area contributed by atoms with Gasteiger partial charge in [0.1, 0.15) is 0 Å². The molecule has 1 aliphatic rings. The van der Waals surface area contributed by atoms with Gasteiger partial charge in [0.05, 0.1) is 10.5 Å². The Hall–Kier alpha value is 0.390. The molecule has 0 aromatic rings. The predicted octanol–water partition coefficient (Wildman–Crippen LogP) is 2.84. The first kappa shape index (κ1) is 16.4. The van der Waals surface area contributed by atoms with E-state index < -0.39 is 14.6 Å². The normalized spacial score (nSPS) is 23.2. The van der Waals surface area contributed by atoms with Gasteiger partial charge >= 0.3 is 0 Å². The van der Waals surface area contributed by atoms with Gasteiger partial charge in [0.25, 0.3) is 0 Å². The van der Waals surface area contributed by atoms with E-state index in [0.29, 0.717) is 12.6 Å². The number of hydrogen-bond acceptors (Lipinski definition) is 3. The van der Waals surface area contributed by atoms with Crippen molar-refractivity contribution < 1.29 is 8.42 Å². The van der Waals surface area contributed by atoms with Crippen molar-refractivity contribution in [3.63, 3.8) is 0 Å². The fourth-order valence-electron chi connectivity index (χ4n) is 2.35. The number of halogens is 1. The van der Waals surface area contributed by atoms with E-state index in [1.54, 1.807) is 20.8 Å². The first-order chi connectivity index (χ1) is 8.28. The van der Waals surface area contributed by atoms with Crippen LogP contribution in [0.15, 0.2) is 0 Å². The molecule has 0 saturated carbocycles. The minimum atomic E-state index is -2.99. The smallest absolute Gasteiger partial charge is 0.156 e. The third-order valence-electron chi connectivity index (χ3n) is 3.77. The van der Waals surface area contributed by atoms with Gasteiger partial charge in [-0.15, -0.1) is 0 Å². The lowest BCUT2D eigenvalue weighted by Crippen LogP contribution is -2.44. The fraction of sp³-hybridized carbons (Fsp3) is 1.00. The number of likely N-dealkylation sites (tertiary alicyclic amines) is 1. The van der Waals surface area contributed by atoms with E-state index in [-0.39, 0.29) is 5.75 Å². The van der Waals surface area contributed by atoms with E-state index in [4.69, 9.17) is 0 Å². The van der Waals surface area contributed by atoms with Crippen LogP contribution in [-0.4, -0.2) is 48.3 Å². The first-order valence-electron chi connectivity index (χ1n) is 6.80. The van der Waals surface area contributed by atoms with Crippen LogP contribution in [0.5, 0.6) is 0 Å². The summed E-state index contributed by atoms with van der Waals surface area (Å²) in [6, 6.07) is 0.563. The molecular weight excluding hydrogens is 314 g/mol. The van der Waals surface area contributed by atoms with Crippen LogP contribution in [0.3, 0.4) is 0 Å². The Kier molecular flexibility index (Phi) is 6.13. The van der Waals surface area contributed by atoms with E-state index in [9.17, 15) is 8.42 Å². The molecule has 0 radical (unpaired) electrons. The van der Waals surface area contributed by atoms with Crippen LogP contribution in [0.25, 0.3) is 0 Å². The first-order valence-corrected chi connectivity index (χ1v) is 9.57. The molecule has 0 aliphatic carbocycles. The van der Waals surface area contributed by atoms with Crippen LogP contribution in [0.2, 0.25) is 0 Å². The lowest BCUT2D eigenvalue weighted by atomic mass is 10.0. The number of nitrogens with zero attached hydrogens (tertiary/aromatic N) is 1. The minimum Gasteiger partial charge on any atom is -0.299 e. The molecule has 0 spiro atoms. The van der Waals surface area contributed by atoms with E-state index in [1.807, 2.05) is 0 Å². The third kappa shape index (κ3) is 4.49. The summed E-state index contributed by atoms with van der Waals surface area (Å²) in [7, 11) is -2.99. The summed E-state index contributed by atoms with van der Waals surface area (Å²) in [6.07, 6.45) is 4.81. The summed E-state index contributed by atoms with van der Waals surface area (Å²) in [5.41, 5.74) is 0. The molecule has 5 heteroatoms. The Labute approximate surface area is 120 Å². The summed E-state index contributed by atoms with van der Waals surface area (Å²) < 4.78 is 23.6. The maximum atomic E-state index is 12.1. The molecular formula is C13H26BrNO2S. The van der Waals surface area contributed by atoms with Crippen LogP contribution < -0.4 is 0 Å². The zero-order valence-corrected chi connectivity index (χ0v) is 14.2. The van der Waals surface area contributed by atoms with Gasteiger partial charge in [-0.3, -0.25) is 4.90 Å². The van der Waals surface area contributed by atoms with Crippen LogP contribution in [0, 0.1) is 0 Å². The van der Waals surface area contributed by atoms with Gasteiger partial charge in [-0.25, -0.2) is 8.42 Å². The van der Waals surface area contributed by atoms with Crippen molar-refractivity contribution in [1.29, 1.82) is 0 Å². The second kappa shape index (κ2) is 6.71.